The third kappa shape index (κ3) is 3.16. The monoisotopic (exact) mass is 292 g/mol. The quantitative estimate of drug-likeness (QED) is 0.939. The Hall–Kier alpha value is -1.46. The highest BCUT2D eigenvalue weighted by atomic mass is 32.1. The van der Waals surface area contributed by atoms with Crippen molar-refractivity contribution in [3.8, 4) is 5.75 Å². The van der Waals surface area contributed by atoms with E-state index in [1.807, 2.05) is 31.2 Å². The molecule has 0 aliphatic heterocycles. The molecule has 0 aliphatic rings. The van der Waals surface area contributed by atoms with E-state index in [4.69, 9.17) is 4.74 Å². The van der Waals surface area contributed by atoms with Crippen LogP contribution >= 0.6 is 11.5 Å². The molecule has 1 heterocycles. The second-order valence-electron chi connectivity index (χ2n) is 5.64. The molecule has 1 aromatic carbocycles. The first-order valence-electron chi connectivity index (χ1n) is 6.67. The Labute approximate surface area is 123 Å². The maximum absolute atomic E-state index is 10.5. The molecule has 2 aromatic rings. The fraction of sp³-hybridized carbons (Fsp3) is 0.467. The van der Waals surface area contributed by atoms with Crippen LogP contribution in [-0.2, 0) is 5.41 Å². The molecule has 0 fully saturated rings. The van der Waals surface area contributed by atoms with Gasteiger partial charge in [0.2, 0.25) is 0 Å². The molecule has 0 saturated carbocycles. The summed E-state index contributed by atoms with van der Waals surface area (Å²) in [5.74, 6) is 0.807. The Balaban J connectivity index is 2.27. The lowest BCUT2D eigenvalue weighted by atomic mass is 9.89. The van der Waals surface area contributed by atoms with Gasteiger partial charge in [-0.05, 0) is 36.2 Å². The van der Waals surface area contributed by atoms with Crippen LogP contribution in [0.4, 0.5) is 0 Å². The van der Waals surface area contributed by atoms with Gasteiger partial charge in [-0.2, -0.15) is 0 Å². The van der Waals surface area contributed by atoms with Gasteiger partial charge in [0, 0.05) is 5.41 Å². The summed E-state index contributed by atoms with van der Waals surface area (Å²) in [5.41, 5.74) is 1.54. The van der Waals surface area contributed by atoms with Crippen LogP contribution in [0.25, 0.3) is 0 Å². The summed E-state index contributed by atoms with van der Waals surface area (Å²) in [6, 6.07) is 7.49. The van der Waals surface area contributed by atoms with Crippen LogP contribution in [0.2, 0.25) is 0 Å². The number of rotatable bonds is 4. The van der Waals surface area contributed by atoms with E-state index in [2.05, 4.69) is 30.4 Å². The molecular formula is C15H20N2O2S. The minimum absolute atomic E-state index is 0.130. The highest BCUT2D eigenvalue weighted by Crippen LogP contribution is 2.33. The van der Waals surface area contributed by atoms with E-state index in [1.165, 1.54) is 11.5 Å². The third-order valence-corrected chi connectivity index (χ3v) is 3.76. The molecule has 1 N–H and O–H groups in total. The van der Waals surface area contributed by atoms with Crippen molar-refractivity contribution in [1.29, 1.82) is 0 Å². The van der Waals surface area contributed by atoms with E-state index in [9.17, 15) is 5.11 Å². The number of aliphatic hydroxyl groups excluding tert-OH is 1. The summed E-state index contributed by atoms with van der Waals surface area (Å²) in [4.78, 5) is 0.807. The molecule has 1 unspecified atom stereocenters. The van der Waals surface area contributed by atoms with Crippen molar-refractivity contribution in [3.05, 3.63) is 40.4 Å². The van der Waals surface area contributed by atoms with Crippen molar-refractivity contribution in [1.82, 2.24) is 9.59 Å². The number of hydrogen-bond acceptors (Lipinski definition) is 5. The zero-order valence-corrected chi connectivity index (χ0v) is 13.1. The highest BCUT2D eigenvalue weighted by molar-refractivity contribution is 7.05. The van der Waals surface area contributed by atoms with Gasteiger partial charge in [0.05, 0.1) is 17.2 Å². The molecule has 0 amide bonds. The Morgan fingerprint density at radius 2 is 1.90 bits per heavy atom. The fourth-order valence-electron chi connectivity index (χ4n) is 1.96. The Morgan fingerprint density at radius 1 is 1.25 bits per heavy atom. The minimum Gasteiger partial charge on any atom is -0.494 e. The fourth-order valence-corrected chi connectivity index (χ4v) is 2.84. The molecule has 0 spiro atoms. The van der Waals surface area contributed by atoms with Crippen molar-refractivity contribution in [2.45, 2.75) is 39.2 Å². The third-order valence-electron chi connectivity index (χ3n) is 2.98. The SMILES string of the molecule is CCOc1ccc(C(O)c2snnc2C(C)(C)C)cc1. The van der Waals surface area contributed by atoms with Gasteiger partial charge in [0.1, 0.15) is 11.9 Å². The number of aliphatic hydroxyl groups is 1. The zero-order chi connectivity index (χ0) is 14.8. The first kappa shape index (κ1) is 14.9. The predicted molar refractivity (Wildman–Crippen MR) is 80.3 cm³/mol. The smallest absolute Gasteiger partial charge is 0.119 e. The largest absolute Gasteiger partial charge is 0.494 e. The summed E-state index contributed by atoms with van der Waals surface area (Å²) in [7, 11) is 0. The lowest BCUT2D eigenvalue weighted by molar-refractivity contribution is 0.221. The van der Waals surface area contributed by atoms with Crippen molar-refractivity contribution in [2.24, 2.45) is 0 Å². The van der Waals surface area contributed by atoms with E-state index in [0.29, 0.717) is 6.61 Å². The van der Waals surface area contributed by atoms with Crippen LogP contribution in [0, 0.1) is 0 Å². The van der Waals surface area contributed by atoms with Crippen molar-refractivity contribution < 1.29 is 9.84 Å². The van der Waals surface area contributed by atoms with Crippen LogP contribution in [0.1, 0.15) is 49.9 Å². The molecular weight excluding hydrogens is 272 g/mol. The Kier molecular flexibility index (Phi) is 4.40. The molecule has 108 valence electrons. The first-order chi connectivity index (χ1) is 9.43. The average Bonchev–Trinajstić information content (AvgIpc) is 2.88. The van der Waals surface area contributed by atoms with Gasteiger partial charge in [-0.3, -0.25) is 0 Å². The Morgan fingerprint density at radius 3 is 2.45 bits per heavy atom. The van der Waals surface area contributed by atoms with E-state index in [1.54, 1.807) is 0 Å². The van der Waals surface area contributed by atoms with Crippen LogP contribution in [0.15, 0.2) is 24.3 Å². The van der Waals surface area contributed by atoms with Crippen LogP contribution in [-0.4, -0.2) is 21.3 Å². The topological polar surface area (TPSA) is 55.2 Å². The average molecular weight is 292 g/mol. The zero-order valence-electron chi connectivity index (χ0n) is 12.3. The standard InChI is InChI=1S/C15H20N2O2S/c1-5-19-11-8-6-10(7-9-11)12(18)13-14(15(2,3)4)16-17-20-13/h6-9,12,18H,5H2,1-4H3. The first-order valence-corrected chi connectivity index (χ1v) is 7.44. The molecule has 1 atom stereocenters. The molecule has 0 bridgehead atoms. The molecule has 0 aliphatic carbocycles. The number of aromatic nitrogens is 2. The van der Waals surface area contributed by atoms with Gasteiger partial charge >= 0.3 is 0 Å². The molecule has 20 heavy (non-hydrogen) atoms. The molecule has 4 nitrogen and oxygen atoms in total. The van der Waals surface area contributed by atoms with E-state index in [0.717, 1.165) is 21.9 Å². The predicted octanol–water partition coefficient (Wildman–Crippen LogP) is 3.32. The molecule has 0 radical (unpaired) electrons. The number of benzene rings is 1. The van der Waals surface area contributed by atoms with Crippen molar-refractivity contribution >= 4 is 11.5 Å². The molecule has 0 saturated heterocycles. The van der Waals surface area contributed by atoms with E-state index >= 15 is 0 Å². The lowest BCUT2D eigenvalue weighted by Gasteiger charge is -2.19. The van der Waals surface area contributed by atoms with E-state index in [-0.39, 0.29) is 5.41 Å². The molecule has 1 aromatic heterocycles. The van der Waals surface area contributed by atoms with Crippen molar-refractivity contribution in [3.63, 3.8) is 0 Å². The highest BCUT2D eigenvalue weighted by Gasteiger charge is 2.27. The van der Waals surface area contributed by atoms with Crippen molar-refractivity contribution in [2.75, 3.05) is 6.61 Å². The summed E-state index contributed by atoms with van der Waals surface area (Å²) in [5, 5.41) is 14.7. The van der Waals surface area contributed by atoms with Crippen LogP contribution in [0.5, 0.6) is 5.75 Å². The van der Waals surface area contributed by atoms with Gasteiger partial charge in [0.25, 0.3) is 0 Å². The maximum atomic E-state index is 10.5. The summed E-state index contributed by atoms with van der Waals surface area (Å²) in [6.45, 7) is 8.78. The van der Waals surface area contributed by atoms with Gasteiger partial charge < -0.3 is 9.84 Å². The Bertz CT molecular complexity index is 558. The molecule has 5 heteroatoms. The second kappa shape index (κ2) is 5.89. The van der Waals surface area contributed by atoms with Gasteiger partial charge in [-0.25, -0.2) is 0 Å². The normalized spacial score (nSPS) is 13.2. The number of ether oxygens (including phenoxy) is 1. The minimum atomic E-state index is -0.695. The van der Waals surface area contributed by atoms with E-state index < -0.39 is 6.10 Å². The molecule has 2 rings (SSSR count). The van der Waals surface area contributed by atoms with Crippen LogP contribution < -0.4 is 4.74 Å². The summed E-state index contributed by atoms with van der Waals surface area (Å²) < 4.78 is 9.39. The van der Waals surface area contributed by atoms with Gasteiger partial charge in [-0.15, -0.1) is 5.10 Å². The summed E-state index contributed by atoms with van der Waals surface area (Å²) in [6.07, 6.45) is -0.695. The van der Waals surface area contributed by atoms with Crippen LogP contribution in [0.3, 0.4) is 0 Å². The summed E-state index contributed by atoms with van der Waals surface area (Å²) >= 11 is 1.25. The second-order valence-corrected chi connectivity index (χ2v) is 6.43. The van der Waals surface area contributed by atoms with Gasteiger partial charge in [-0.1, -0.05) is 37.4 Å². The maximum Gasteiger partial charge on any atom is 0.119 e. The van der Waals surface area contributed by atoms with Gasteiger partial charge in [0.15, 0.2) is 0 Å². The lowest BCUT2D eigenvalue weighted by Crippen LogP contribution is -2.16. The number of nitrogens with zero attached hydrogens (tertiary/aromatic N) is 2. The number of hydrogen-bond donors (Lipinski definition) is 1.